The SMILES string of the molecule is COc1ccc(-[n+]2[nH]oc(=O)c2C([O-])=NC2CCN(Cc3ccccc3)CC2)cc1. The van der Waals surface area contributed by atoms with Gasteiger partial charge in [0.05, 0.1) is 19.0 Å². The Morgan fingerprint density at radius 2 is 1.90 bits per heavy atom. The van der Waals surface area contributed by atoms with Gasteiger partial charge >= 0.3 is 11.3 Å². The molecule has 1 aliphatic rings. The number of rotatable bonds is 6. The Bertz CT molecular complexity index is 1050. The molecule has 0 atom stereocenters. The number of ether oxygens (including phenoxy) is 1. The third-order valence-electron chi connectivity index (χ3n) is 5.29. The molecule has 2 heterocycles. The molecule has 1 saturated heterocycles. The molecule has 1 aliphatic heterocycles. The lowest BCUT2D eigenvalue weighted by Crippen LogP contribution is -2.45. The topological polar surface area (TPSA) is 97.8 Å². The molecule has 8 nitrogen and oxygen atoms in total. The number of piperidine rings is 1. The van der Waals surface area contributed by atoms with Crippen LogP contribution < -0.4 is 20.2 Å². The maximum absolute atomic E-state index is 12.8. The van der Waals surface area contributed by atoms with Gasteiger partial charge in [0.15, 0.2) is 0 Å². The minimum absolute atomic E-state index is 0.108. The Morgan fingerprint density at radius 1 is 1.20 bits per heavy atom. The van der Waals surface area contributed by atoms with Gasteiger partial charge in [-0.3, -0.25) is 14.4 Å². The minimum atomic E-state index is -0.735. The number of benzene rings is 2. The molecule has 0 unspecified atom stereocenters. The summed E-state index contributed by atoms with van der Waals surface area (Å²) in [5.41, 5.74) is 0.986. The van der Waals surface area contributed by atoms with Gasteiger partial charge in [-0.05, 0) is 40.5 Å². The van der Waals surface area contributed by atoms with E-state index >= 15 is 0 Å². The van der Waals surface area contributed by atoms with Crippen LogP contribution in [-0.4, -0.2) is 42.3 Å². The number of likely N-dealkylation sites (tertiary alicyclic amines) is 1. The first-order valence-electron chi connectivity index (χ1n) is 9.93. The van der Waals surface area contributed by atoms with Crippen LogP contribution in [0.1, 0.15) is 24.1 Å². The van der Waals surface area contributed by atoms with E-state index in [1.165, 1.54) is 10.2 Å². The molecule has 0 saturated carbocycles. The minimum Gasteiger partial charge on any atom is -0.854 e. The molecule has 0 radical (unpaired) electrons. The van der Waals surface area contributed by atoms with E-state index in [-0.39, 0.29) is 11.7 Å². The quantitative estimate of drug-likeness (QED) is 0.373. The molecule has 1 aromatic heterocycles. The van der Waals surface area contributed by atoms with Crippen LogP contribution in [0.5, 0.6) is 5.75 Å². The molecule has 0 aliphatic carbocycles. The second kappa shape index (κ2) is 8.96. The second-order valence-electron chi connectivity index (χ2n) is 7.29. The van der Waals surface area contributed by atoms with Crippen LogP contribution in [0.2, 0.25) is 0 Å². The molecule has 3 aromatic rings. The fourth-order valence-electron chi connectivity index (χ4n) is 3.64. The van der Waals surface area contributed by atoms with E-state index in [2.05, 4.69) is 27.3 Å². The maximum atomic E-state index is 12.8. The van der Waals surface area contributed by atoms with E-state index in [0.29, 0.717) is 11.4 Å². The molecule has 0 bridgehead atoms. The summed E-state index contributed by atoms with van der Waals surface area (Å²) in [7, 11) is 1.57. The predicted octanol–water partition coefficient (Wildman–Crippen LogP) is 1.02. The summed E-state index contributed by atoms with van der Waals surface area (Å²) in [5, 5.41) is 15.3. The van der Waals surface area contributed by atoms with E-state index < -0.39 is 11.5 Å². The van der Waals surface area contributed by atoms with E-state index in [9.17, 15) is 9.90 Å². The van der Waals surface area contributed by atoms with Gasteiger partial charge in [-0.1, -0.05) is 30.3 Å². The molecule has 8 heteroatoms. The standard InChI is InChI=1S/C22H24N4O4/c1-29-19-9-7-18(8-10-19)26-20(22(28)30-24-26)21(27)23-17-11-13-25(14-12-17)15-16-5-3-2-4-6-16/h2-10,17H,11-15H2,1H3,(H-,23,24,27,28). The Labute approximate surface area is 174 Å². The summed E-state index contributed by atoms with van der Waals surface area (Å²) in [5.74, 6) is 0.104. The van der Waals surface area contributed by atoms with E-state index in [0.717, 1.165) is 32.5 Å². The largest absolute Gasteiger partial charge is 0.854 e. The highest BCUT2D eigenvalue weighted by atomic mass is 16.5. The normalized spacial score (nSPS) is 16.0. The molecule has 1 fully saturated rings. The number of aliphatic imine (C=N–C) groups is 1. The Kier molecular flexibility index (Phi) is 5.94. The highest BCUT2D eigenvalue weighted by Crippen LogP contribution is 2.17. The highest BCUT2D eigenvalue weighted by molar-refractivity contribution is 5.86. The average molecular weight is 408 g/mol. The number of methoxy groups -OCH3 is 1. The van der Waals surface area contributed by atoms with Crippen LogP contribution >= 0.6 is 0 Å². The highest BCUT2D eigenvalue weighted by Gasteiger charge is 2.25. The summed E-state index contributed by atoms with van der Waals surface area (Å²) in [6.07, 6.45) is 1.55. The molecular formula is C22H24N4O4. The van der Waals surface area contributed by atoms with Crippen LogP contribution in [0.25, 0.3) is 5.69 Å². The van der Waals surface area contributed by atoms with Gasteiger partial charge in [0, 0.05) is 31.8 Å². The van der Waals surface area contributed by atoms with Gasteiger partial charge in [0.2, 0.25) is 5.69 Å². The van der Waals surface area contributed by atoms with Crippen LogP contribution in [0.3, 0.4) is 0 Å². The van der Waals surface area contributed by atoms with Crippen molar-refractivity contribution >= 4 is 5.90 Å². The molecule has 30 heavy (non-hydrogen) atoms. The maximum Gasteiger partial charge on any atom is 0.436 e. The number of aromatic amines is 1. The van der Waals surface area contributed by atoms with Gasteiger partial charge in [0.1, 0.15) is 5.75 Å². The summed E-state index contributed by atoms with van der Waals surface area (Å²) < 4.78 is 11.3. The monoisotopic (exact) mass is 408 g/mol. The summed E-state index contributed by atoms with van der Waals surface area (Å²) in [4.78, 5) is 18.8. The van der Waals surface area contributed by atoms with E-state index in [1.807, 2.05) is 18.2 Å². The van der Waals surface area contributed by atoms with Crippen molar-refractivity contribution in [1.29, 1.82) is 0 Å². The third kappa shape index (κ3) is 4.44. The first-order chi connectivity index (χ1) is 14.6. The van der Waals surface area contributed by atoms with Crippen molar-refractivity contribution in [2.45, 2.75) is 25.4 Å². The first kappa shape index (κ1) is 19.9. The zero-order valence-corrected chi connectivity index (χ0v) is 16.8. The smallest absolute Gasteiger partial charge is 0.436 e. The molecule has 156 valence electrons. The second-order valence-corrected chi connectivity index (χ2v) is 7.29. The van der Waals surface area contributed by atoms with Crippen LogP contribution in [0.4, 0.5) is 0 Å². The van der Waals surface area contributed by atoms with Crippen molar-refractivity contribution in [3.05, 3.63) is 76.3 Å². The Morgan fingerprint density at radius 3 is 2.57 bits per heavy atom. The van der Waals surface area contributed by atoms with Crippen molar-refractivity contribution in [2.75, 3.05) is 20.2 Å². The lowest BCUT2D eigenvalue weighted by molar-refractivity contribution is -0.673. The number of nitrogens with zero attached hydrogens (tertiary/aromatic N) is 3. The zero-order valence-electron chi connectivity index (χ0n) is 16.8. The number of hydrogen-bond donors (Lipinski definition) is 1. The van der Waals surface area contributed by atoms with Crippen molar-refractivity contribution in [3.8, 4) is 11.4 Å². The summed E-state index contributed by atoms with van der Waals surface area (Å²) >= 11 is 0. The van der Waals surface area contributed by atoms with Crippen molar-refractivity contribution < 1.29 is 19.0 Å². The van der Waals surface area contributed by atoms with Crippen molar-refractivity contribution in [2.24, 2.45) is 4.99 Å². The van der Waals surface area contributed by atoms with Crippen molar-refractivity contribution in [3.63, 3.8) is 0 Å². The predicted molar refractivity (Wildman–Crippen MR) is 109 cm³/mol. The van der Waals surface area contributed by atoms with Crippen molar-refractivity contribution in [1.82, 2.24) is 10.2 Å². The fraction of sp³-hybridized carbons (Fsp3) is 0.318. The fourth-order valence-corrected chi connectivity index (χ4v) is 3.64. The Balaban J connectivity index is 1.45. The third-order valence-corrected chi connectivity index (χ3v) is 5.29. The molecule has 1 N–H and O–H groups in total. The summed E-state index contributed by atoms with van der Waals surface area (Å²) in [6.45, 7) is 2.60. The molecule has 0 amide bonds. The van der Waals surface area contributed by atoms with Crippen LogP contribution in [-0.2, 0) is 6.54 Å². The zero-order chi connectivity index (χ0) is 20.9. The molecule has 4 rings (SSSR count). The van der Waals surface area contributed by atoms with E-state index in [4.69, 9.17) is 9.26 Å². The van der Waals surface area contributed by atoms with Gasteiger partial charge < -0.3 is 9.84 Å². The number of aromatic nitrogens is 2. The number of nitrogens with one attached hydrogen (secondary N) is 1. The molecule has 2 aromatic carbocycles. The van der Waals surface area contributed by atoms with Gasteiger partial charge in [0.25, 0.3) is 0 Å². The lowest BCUT2D eigenvalue weighted by Gasteiger charge is -2.30. The van der Waals surface area contributed by atoms with Gasteiger partial charge in [-0.2, -0.15) is 0 Å². The van der Waals surface area contributed by atoms with E-state index in [1.54, 1.807) is 31.4 Å². The lowest BCUT2D eigenvalue weighted by atomic mass is 10.0. The van der Waals surface area contributed by atoms with Gasteiger partial charge in [-0.15, -0.1) is 0 Å². The molecule has 0 spiro atoms. The molecular weight excluding hydrogens is 384 g/mol. The van der Waals surface area contributed by atoms with Crippen LogP contribution in [0.15, 0.2) is 68.9 Å². The number of hydrogen-bond acceptors (Lipinski definition) is 6. The summed E-state index contributed by atoms with van der Waals surface area (Å²) in [6, 6.07) is 17.1. The average Bonchev–Trinajstić information content (AvgIpc) is 3.17. The first-order valence-corrected chi connectivity index (χ1v) is 9.93. The number of H-pyrrole nitrogens is 1. The van der Waals surface area contributed by atoms with Gasteiger partial charge in [-0.25, -0.2) is 4.79 Å². The Hall–Kier alpha value is -3.39. The van der Waals surface area contributed by atoms with Crippen LogP contribution in [0, 0.1) is 0 Å².